The molecule has 25 heavy (non-hydrogen) atoms. The lowest BCUT2D eigenvalue weighted by atomic mass is 10.1. The lowest BCUT2D eigenvalue weighted by molar-refractivity contribution is -0.135. The second kappa shape index (κ2) is 6.96. The van der Waals surface area contributed by atoms with Crippen molar-refractivity contribution in [1.82, 2.24) is 19.7 Å². The largest absolute Gasteiger partial charge is 0.340 e. The fourth-order valence-electron chi connectivity index (χ4n) is 4.01. The van der Waals surface area contributed by atoms with E-state index >= 15 is 0 Å². The standard InChI is InChI=1S/C19H25N5O/c20-16-7-6-15(13-16)19(25)23-9-8-17-21-22-18(24(17)11-10-23)12-14-4-2-1-3-5-14/h1-5,15-16H,6-13,20H2. The van der Waals surface area contributed by atoms with E-state index in [-0.39, 0.29) is 17.9 Å². The minimum absolute atomic E-state index is 0.113. The molecule has 6 nitrogen and oxygen atoms in total. The van der Waals surface area contributed by atoms with Crippen LogP contribution in [0.1, 0.15) is 36.5 Å². The highest BCUT2D eigenvalue weighted by molar-refractivity contribution is 5.79. The molecule has 0 saturated heterocycles. The summed E-state index contributed by atoms with van der Waals surface area (Å²) in [6.45, 7) is 2.24. The predicted molar refractivity (Wildman–Crippen MR) is 94.9 cm³/mol. The number of fused-ring (bicyclic) bond motifs is 1. The van der Waals surface area contributed by atoms with Gasteiger partial charge in [0.05, 0.1) is 0 Å². The van der Waals surface area contributed by atoms with Crippen LogP contribution in [0.25, 0.3) is 0 Å². The summed E-state index contributed by atoms with van der Waals surface area (Å²) in [6.07, 6.45) is 4.28. The normalized spacial score (nSPS) is 23.3. The Balaban J connectivity index is 1.44. The molecule has 1 aliphatic carbocycles. The maximum atomic E-state index is 12.8. The number of benzene rings is 1. The summed E-state index contributed by atoms with van der Waals surface area (Å²) in [7, 11) is 0. The summed E-state index contributed by atoms with van der Waals surface area (Å²) >= 11 is 0. The zero-order valence-corrected chi connectivity index (χ0v) is 14.5. The molecule has 1 fully saturated rings. The first kappa shape index (κ1) is 16.3. The summed E-state index contributed by atoms with van der Waals surface area (Å²) in [5.41, 5.74) is 7.21. The summed E-state index contributed by atoms with van der Waals surface area (Å²) in [6, 6.07) is 10.5. The number of carbonyl (C=O) groups excluding carboxylic acids is 1. The second-order valence-corrected chi connectivity index (χ2v) is 7.19. The smallest absolute Gasteiger partial charge is 0.225 e. The van der Waals surface area contributed by atoms with Crippen molar-refractivity contribution in [3.05, 3.63) is 47.5 Å². The van der Waals surface area contributed by atoms with Gasteiger partial charge >= 0.3 is 0 Å². The van der Waals surface area contributed by atoms with Gasteiger partial charge in [0.1, 0.15) is 11.6 Å². The molecule has 2 heterocycles. The Bertz CT molecular complexity index is 742. The van der Waals surface area contributed by atoms with Crippen LogP contribution in [-0.4, -0.2) is 44.7 Å². The fraction of sp³-hybridized carbons (Fsp3) is 0.526. The van der Waals surface area contributed by atoms with E-state index in [4.69, 9.17) is 5.73 Å². The van der Waals surface area contributed by atoms with Gasteiger partial charge in [-0.3, -0.25) is 4.79 Å². The van der Waals surface area contributed by atoms with Crippen molar-refractivity contribution >= 4 is 5.91 Å². The lowest BCUT2D eigenvalue weighted by Gasteiger charge is -2.23. The summed E-state index contributed by atoms with van der Waals surface area (Å²) in [4.78, 5) is 14.8. The Morgan fingerprint density at radius 2 is 1.96 bits per heavy atom. The van der Waals surface area contributed by atoms with Crippen LogP contribution >= 0.6 is 0 Å². The Morgan fingerprint density at radius 1 is 1.12 bits per heavy atom. The van der Waals surface area contributed by atoms with Crippen LogP contribution in [0.15, 0.2) is 30.3 Å². The molecule has 0 bridgehead atoms. The molecule has 2 aromatic rings. The number of nitrogens with zero attached hydrogens (tertiary/aromatic N) is 4. The molecular formula is C19H25N5O. The molecule has 0 spiro atoms. The summed E-state index contributed by atoms with van der Waals surface area (Å²) in [5, 5.41) is 8.76. The highest BCUT2D eigenvalue weighted by Crippen LogP contribution is 2.26. The van der Waals surface area contributed by atoms with E-state index in [1.807, 2.05) is 23.1 Å². The minimum Gasteiger partial charge on any atom is -0.340 e. The number of hydrogen-bond acceptors (Lipinski definition) is 4. The van der Waals surface area contributed by atoms with Gasteiger partial charge in [0.25, 0.3) is 0 Å². The molecular weight excluding hydrogens is 314 g/mol. The van der Waals surface area contributed by atoms with Crippen molar-refractivity contribution < 1.29 is 4.79 Å². The van der Waals surface area contributed by atoms with E-state index in [1.54, 1.807) is 0 Å². The molecule has 1 aromatic heterocycles. The molecule has 1 aliphatic heterocycles. The summed E-state index contributed by atoms with van der Waals surface area (Å²) < 4.78 is 2.20. The van der Waals surface area contributed by atoms with Crippen molar-refractivity contribution in [3.8, 4) is 0 Å². The van der Waals surface area contributed by atoms with Crippen LogP contribution in [0.4, 0.5) is 0 Å². The summed E-state index contributed by atoms with van der Waals surface area (Å²) in [5.74, 6) is 2.36. The molecule has 4 rings (SSSR count). The van der Waals surface area contributed by atoms with Crippen LogP contribution in [0.3, 0.4) is 0 Å². The number of rotatable bonds is 3. The van der Waals surface area contributed by atoms with Crippen molar-refractivity contribution in [2.24, 2.45) is 11.7 Å². The van der Waals surface area contributed by atoms with Gasteiger partial charge in [0.15, 0.2) is 0 Å². The first-order chi connectivity index (χ1) is 12.2. The molecule has 132 valence electrons. The van der Waals surface area contributed by atoms with Crippen LogP contribution in [0.5, 0.6) is 0 Å². The number of nitrogens with two attached hydrogens (primary N) is 1. The fourth-order valence-corrected chi connectivity index (χ4v) is 4.01. The van der Waals surface area contributed by atoms with Gasteiger partial charge in [0, 0.05) is 44.4 Å². The highest BCUT2D eigenvalue weighted by Gasteiger charge is 2.32. The van der Waals surface area contributed by atoms with Gasteiger partial charge in [-0.05, 0) is 24.8 Å². The molecule has 1 saturated carbocycles. The van der Waals surface area contributed by atoms with Crippen molar-refractivity contribution in [2.45, 2.75) is 44.7 Å². The van der Waals surface area contributed by atoms with E-state index in [0.29, 0.717) is 0 Å². The molecule has 2 N–H and O–H groups in total. The Kier molecular flexibility index (Phi) is 4.53. The zero-order valence-electron chi connectivity index (χ0n) is 14.5. The number of hydrogen-bond donors (Lipinski definition) is 1. The van der Waals surface area contributed by atoms with E-state index in [1.165, 1.54) is 5.56 Å². The minimum atomic E-state index is 0.113. The quantitative estimate of drug-likeness (QED) is 0.916. The lowest BCUT2D eigenvalue weighted by Crippen LogP contribution is -2.38. The molecule has 0 radical (unpaired) electrons. The molecule has 6 heteroatoms. The molecule has 2 aliphatic rings. The van der Waals surface area contributed by atoms with Crippen molar-refractivity contribution in [1.29, 1.82) is 0 Å². The average molecular weight is 339 g/mol. The number of carbonyl (C=O) groups is 1. The van der Waals surface area contributed by atoms with Crippen LogP contribution < -0.4 is 5.73 Å². The van der Waals surface area contributed by atoms with Crippen LogP contribution in [0, 0.1) is 5.92 Å². The molecule has 2 atom stereocenters. The Morgan fingerprint density at radius 3 is 2.72 bits per heavy atom. The second-order valence-electron chi connectivity index (χ2n) is 7.19. The monoisotopic (exact) mass is 339 g/mol. The first-order valence-electron chi connectivity index (χ1n) is 9.20. The van der Waals surface area contributed by atoms with Gasteiger partial charge in [-0.2, -0.15) is 0 Å². The first-order valence-corrected chi connectivity index (χ1v) is 9.20. The Labute approximate surface area is 148 Å². The maximum Gasteiger partial charge on any atom is 0.225 e. The van der Waals surface area contributed by atoms with Gasteiger partial charge in [0.2, 0.25) is 5.91 Å². The van der Waals surface area contributed by atoms with Gasteiger partial charge in [-0.1, -0.05) is 30.3 Å². The van der Waals surface area contributed by atoms with Crippen LogP contribution in [0.2, 0.25) is 0 Å². The molecule has 1 aromatic carbocycles. The third kappa shape index (κ3) is 3.44. The molecule has 2 unspecified atom stereocenters. The van der Waals surface area contributed by atoms with Crippen LogP contribution in [-0.2, 0) is 24.2 Å². The third-order valence-corrected chi connectivity index (χ3v) is 5.44. The zero-order chi connectivity index (χ0) is 17.2. The predicted octanol–water partition coefficient (Wildman–Crippen LogP) is 1.38. The average Bonchev–Trinajstić information content (AvgIpc) is 3.16. The SMILES string of the molecule is NC1CCC(C(=O)N2CCc3nnc(Cc4ccccc4)n3CC2)C1. The van der Waals surface area contributed by atoms with Gasteiger partial charge in [-0.15, -0.1) is 10.2 Å². The van der Waals surface area contributed by atoms with E-state index in [2.05, 4.69) is 26.9 Å². The third-order valence-electron chi connectivity index (χ3n) is 5.44. The van der Waals surface area contributed by atoms with E-state index in [9.17, 15) is 4.79 Å². The Hall–Kier alpha value is -2.21. The van der Waals surface area contributed by atoms with Gasteiger partial charge in [-0.25, -0.2) is 0 Å². The topological polar surface area (TPSA) is 77.0 Å². The molecule has 1 amide bonds. The highest BCUT2D eigenvalue weighted by atomic mass is 16.2. The maximum absolute atomic E-state index is 12.8. The van der Waals surface area contributed by atoms with Crippen molar-refractivity contribution in [3.63, 3.8) is 0 Å². The van der Waals surface area contributed by atoms with Crippen molar-refractivity contribution in [2.75, 3.05) is 13.1 Å². The number of aromatic nitrogens is 3. The van der Waals surface area contributed by atoms with E-state index in [0.717, 1.165) is 63.4 Å². The van der Waals surface area contributed by atoms with Gasteiger partial charge < -0.3 is 15.2 Å². The van der Waals surface area contributed by atoms with E-state index < -0.39 is 0 Å². The number of amides is 1.